The van der Waals surface area contributed by atoms with Gasteiger partial charge in [-0.3, -0.25) is 14.4 Å². The molecule has 2 aromatic rings. The molecule has 2 aliphatic heterocycles. The van der Waals surface area contributed by atoms with Gasteiger partial charge in [-0.15, -0.1) is 0 Å². The van der Waals surface area contributed by atoms with Gasteiger partial charge in [-0.25, -0.2) is 5.01 Å². The number of likely N-dealkylation sites (tertiary alicyclic amines) is 1. The summed E-state index contributed by atoms with van der Waals surface area (Å²) in [5, 5.41) is 11.8. The average molecular weight is 520 g/mol. The highest BCUT2D eigenvalue weighted by atomic mass is 16.5. The number of likely N-dealkylation sites (N-methyl/N-ethyl adjacent to an activating group) is 1. The van der Waals surface area contributed by atoms with E-state index < -0.39 is 17.0 Å². The molecule has 2 aliphatic rings. The summed E-state index contributed by atoms with van der Waals surface area (Å²) in [5.74, 6) is -0.699. The number of hydrazone groups is 1. The Morgan fingerprint density at radius 3 is 2.34 bits per heavy atom. The van der Waals surface area contributed by atoms with Gasteiger partial charge in [0, 0.05) is 26.6 Å². The minimum absolute atomic E-state index is 0.0102. The molecule has 38 heavy (non-hydrogen) atoms. The van der Waals surface area contributed by atoms with Gasteiger partial charge in [0.1, 0.15) is 11.5 Å². The number of benzene rings is 2. The minimum Gasteiger partial charge on any atom is -0.374 e. The monoisotopic (exact) mass is 519 g/mol. The van der Waals surface area contributed by atoms with Gasteiger partial charge < -0.3 is 20.3 Å². The fourth-order valence-corrected chi connectivity index (χ4v) is 4.93. The summed E-state index contributed by atoms with van der Waals surface area (Å²) in [6, 6.07) is 18.6. The van der Waals surface area contributed by atoms with Crippen molar-refractivity contribution in [1.29, 1.82) is 0 Å². The van der Waals surface area contributed by atoms with Crippen LogP contribution in [-0.4, -0.2) is 78.7 Å². The Balaban J connectivity index is 1.55. The summed E-state index contributed by atoms with van der Waals surface area (Å²) in [6.45, 7) is 4.43. The van der Waals surface area contributed by atoms with E-state index in [2.05, 4.69) is 15.7 Å². The average Bonchev–Trinajstić information content (AvgIpc) is 3.17. The topological polar surface area (TPSA) is 103 Å². The number of carbonyl (C=O) groups is 3. The number of fused-ring (bicyclic) bond motifs is 1. The van der Waals surface area contributed by atoms with Gasteiger partial charge in [0.25, 0.3) is 5.91 Å². The Labute approximate surface area is 224 Å². The zero-order chi connectivity index (χ0) is 27.3. The Morgan fingerprint density at radius 2 is 1.71 bits per heavy atom. The third-order valence-electron chi connectivity index (χ3n) is 7.46. The number of rotatable bonds is 10. The number of piperidine rings is 1. The zero-order valence-electron chi connectivity index (χ0n) is 22.6. The van der Waals surface area contributed by atoms with Gasteiger partial charge in [0.05, 0.1) is 24.5 Å². The smallest absolute Gasteiger partial charge is 0.256 e. The second kappa shape index (κ2) is 11.4. The SMILES string of the molecule is CNC(C)(C)C(=O)N[C@H](COCc1ccccc1)C(=O)N1CCC2=NN(C)C(=O)[C@]2(Cc2ccccc2)C1. The fourth-order valence-electron chi connectivity index (χ4n) is 4.93. The number of nitrogens with one attached hydrogen (secondary N) is 2. The zero-order valence-corrected chi connectivity index (χ0v) is 22.6. The summed E-state index contributed by atoms with van der Waals surface area (Å²) in [6.07, 6.45) is 0.941. The van der Waals surface area contributed by atoms with Gasteiger partial charge in [0.2, 0.25) is 11.8 Å². The van der Waals surface area contributed by atoms with Crippen LogP contribution in [-0.2, 0) is 32.1 Å². The summed E-state index contributed by atoms with van der Waals surface area (Å²) in [7, 11) is 3.36. The highest BCUT2D eigenvalue weighted by molar-refractivity contribution is 6.13. The normalized spacial score (nSPS) is 20.1. The van der Waals surface area contributed by atoms with Crippen LogP contribution < -0.4 is 10.6 Å². The standard InChI is InChI=1S/C29H37N5O4/c1-28(2,30-3)26(36)31-23(19-38-18-22-13-9-6-10-14-22)25(35)34-16-15-24-29(20-34,27(37)33(4)32-24)17-21-11-7-5-8-12-21/h5-14,23,30H,15-20H2,1-4H3,(H,31,36)/t23-,29-/m1/s1. The maximum Gasteiger partial charge on any atom is 0.256 e. The highest BCUT2D eigenvalue weighted by Gasteiger charge is 2.54. The molecule has 9 nitrogen and oxygen atoms in total. The van der Waals surface area contributed by atoms with E-state index in [4.69, 9.17) is 4.74 Å². The van der Waals surface area contributed by atoms with Crippen molar-refractivity contribution in [1.82, 2.24) is 20.5 Å². The molecule has 0 unspecified atom stereocenters. The molecule has 0 aliphatic carbocycles. The summed E-state index contributed by atoms with van der Waals surface area (Å²) >= 11 is 0. The van der Waals surface area contributed by atoms with Gasteiger partial charge in [0.15, 0.2) is 0 Å². The van der Waals surface area contributed by atoms with Crippen molar-refractivity contribution < 1.29 is 19.1 Å². The van der Waals surface area contributed by atoms with Crippen LogP contribution in [0.1, 0.15) is 31.4 Å². The van der Waals surface area contributed by atoms with Crippen LogP contribution in [0.25, 0.3) is 0 Å². The van der Waals surface area contributed by atoms with Gasteiger partial charge >= 0.3 is 0 Å². The molecule has 9 heteroatoms. The van der Waals surface area contributed by atoms with E-state index in [1.54, 1.807) is 32.8 Å². The molecule has 1 fully saturated rings. The summed E-state index contributed by atoms with van der Waals surface area (Å²) in [5.41, 5.74) is 0.979. The lowest BCUT2D eigenvalue weighted by Crippen LogP contribution is -2.62. The van der Waals surface area contributed by atoms with Gasteiger partial charge in [-0.05, 0) is 38.4 Å². The number of amides is 3. The summed E-state index contributed by atoms with van der Waals surface area (Å²) < 4.78 is 5.91. The molecule has 4 rings (SSSR count). The first-order chi connectivity index (χ1) is 18.2. The second-order valence-corrected chi connectivity index (χ2v) is 10.5. The molecule has 2 aromatic carbocycles. The van der Waals surface area contributed by atoms with Crippen LogP contribution in [0.4, 0.5) is 0 Å². The molecule has 1 saturated heterocycles. The molecule has 3 amide bonds. The number of nitrogens with zero attached hydrogens (tertiary/aromatic N) is 3. The van der Waals surface area contributed by atoms with Crippen molar-refractivity contribution >= 4 is 23.4 Å². The van der Waals surface area contributed by atoms with Crippen molar-refractivity contribution in [2.75, 3.05) is 33.8 Å². The van der Waals surface area contributed by atoms with Crippen molar-refractivity contribution in [2.45, 2.75) is 44.9 Å². The van der Waals surface area contributed by atoms with Crippen molar-refractivity contribution in [2.24, 2.45) is 10.5 Å². The maximum absolute atomic E-state index is 13.9. The number of hydrogen-bond donors (Lipinski definition) is 2. The first-order valence-corrected chi connectivity index (χ1v) is 13.0. The molecular formula is C29H37N5O4. The lowest BCUT2D eigenvalue weighted by molar-refractivity contribution is -0.144. The van der Waals surface area contributed by atoms with E-state index in [1.165, 1.54) is 5.01 Å². The molecule has 0 spiro atoms. The lowest BCUT2D eigenvalue weighted by atomic mass is 9.73. The quantitative estimate of drug-likeness (QED) is 0.500. The van der Waals surface area contributed by atoms with E-state index in [9.17, 15) is 14.4 Å². The van der Waals surface area contributed by atoms with E-state index in [0.717, 1.165) is 16.8 Å². The fraction of sp³-hybridized carbons (Fsp3) is 0.448. The number of carbonyl (C=O) groups excluding carboxylic acids is 3. The van der Waals surface area contributed by atoms with E-state index in [0.29, 0.717) is 26.0 Å². The number of hydrogen-bond acceptors (Lipinski definition) is 6. The van der Waals surface area contributed by atoms with Gasteiger partial charge in [-0.1, -0.05) is 60.7 Å². The Kier molecular flexibility index (Phi) is 8.28. The highest BCUT2D eigenvalue weighted by Crippen LogP contribution is 2.38. The maximum atomic E-state index is 13.9. The van der Waals surface area contributed by atoms with Crippen LogP contribution >= 0.6 is 0 Å². The van der Waals surface area contributed by atoms with Crippen LogP contribution in [0.3, 0.4) is 0 Å². The first kappa shape index (κ1) is 27.5. The molecular weight excluding hydrogens is 482 g/mol. The number of ether oxygens (including phenoxy) is 1. The van der Waals surface area contributed by atoms with Crippen LogP contribution in [0.2, 0.25) is 0 Å². The molecule has 202 valence electrons. The molecule has 2 atom stereocenters. The largest absolute Gasteiger partial charge is 0.374 e. The molecule has 0 bridgehead atoms. The Morgan fingerprint density at radius 1 is 1.08 bits per heavy atom. The van der Waals surface area contributed by atoms with Crippen LogP contribution in [0.5, 0.6) is 0 Å². The van der Waals surface area contributed by atoms with Crippen molar-refractivity contribution in [3.63, 3.8) is 0 Å². The minimum atomic E-state index is -0.923. The second-order valence-electron chi connectivity index (χ2n) is 10.5. The van der Waals surface area contributed by atoms with Crippen LogP contribution in [0.15, 0.2) is 65.8 Å². The predicted octanol–water partition coefficient (Wildman–Crippen LogP) is 1.98. The molecule has 0 aromatic heterocycles. The summed E-state index contributed by atoms with van der Waals surface area (Å²) in [4.78, 5) is 42.1. The predicted molar refractivity (Wildman–Crippen MR) is 145 cm³/mol. The molecule has 0 radical (unpaired) electrons. The molecule has 2 N–H and O–H groups in total. The molecule has 2 heterocycles. The van der Waals surface area contributed by atoms with E-state index in [-0.39, 0.29) is 30.9 Å². The van der Waals surface area contributed by atoms with Crippen molar-refractivity contribution in [3.8, 4) is 0 Å². The van der Waals surface area contributed by atoms with Crippen molar-refractivity contribution in [3.05, 3.63) is 71.8 Å². The third kappa shape index (κ3) is 5.79. The first-order valence-electron chi connectivity index (χ1n) is 13.0. The van der Waals surface area contributed by atoms with Crippen LogP contribution in [0, 0.1) is 5.41 Å². The van der Waals surface area contributed by atoms with E-state index in [1.807, 2.05) is 60.7 Å². The van der Waals surface area contributed by atoms with Gasteiger partial charge in [-0.2, -0.15) is 5.10 Å². The van der Waals surface area contributed by atoms with E-state index >= 15 is 0 Å². The molecule has 0 saturated carbocycles. The third-order valence-corrected chi connectivity index (χ3v) is 7.46. The lowest BCUT2D eigenvalue weighted by Gasteiger charge is -2.41. The Bertz CT molecular complexity index is 1180. The Hall–Kier alpha value is -3.56.